The van der Waals surface area contributed by atoms with E-state index >= 15 is 0 Å². The van der Waals surface area contributed by atoms with Gasteiger partial charge < -0.3 is 14.6 Å². The maximum Gasteiger partial charge on any atom is 0.202 e. The molecule has 0 amide bonds. The summed E-state index contributed by atoms with van der Waals surface area (Å²) < 4.78 is 8.18. The van der Waals surface area contributed by atoms with Crippen molar-refractivity contribution in [2.75, 3.05) is 31.6 Å². The number of fused-ring (bicyclic) bond motifs is 1. The number of ether oxygens (including phenoxy) is 1. The van der Waals surface area contributed by atoms with E-state index in [-0.39, 0.29) is 0 Å². The molecule has 2 atom stereocenters. The van der Waals surface area contributed by atoms with Crippen LogP contribution in [0.5, 0.6) is 0 Å². The molecule has 2 unspecified atom stereocenters. The fourth-order valence-corrected chi connectivity index (χ4v) is 3.08. The van der Waals surface area contributed by atoms with Crippen molar-refractivity contribution in [1.82, 2.24) is 14.5 Å². The molecule has 0 aromatic carbocycles. The molecule has 0 radical (unpaired) electrons. The highest BCUT2D eigenvalue weighted by Crippen LogP contribution is 2.23. The van der Waals surface area contributed by atoms with Crippen LogP contribution in [0.2, 0.25) is 0 Å². The predicted molar refractivity (Wildman–Crippen MR) is 75.3 cm³/mol. The van der Waals surface area contributed by atoms with E-state index in [0.717, 1.165) is 38.6 Å². The number of aromatic nitrogens is 2. The first kappa shape index (κ1) is 12.9. The summed E-state index contributed by atoms with van der Waals surface area (Å²) in [5.41, 5.74) is 0. The molecule has 106 valence electrons. The standard InChI is InChI=1S/C14H24N4O/c1-2-5-15-14-16-6-8-18(14)10-13-9-17-7-3-4-12(17)11-19-13/h6,8,12-13H,2-5,7,9-11H2,1H3,(H,15,16). The Morgan fingerprint density at radius 3 is 3.37 bits per heavy atom. The lowest BCUT2D eigenvalue weighted by Gasteiger charge is -2.35. The Hall–Kier alpha value is -1.07. The quantitative estimate of drug-likeness (QED) is 0.876. The molecule has 5 heteroatoms. The van der Waals surface area contributed by atoms with Crippen LogP contribution in [0.25, 0.3) is 0 Å². The zero-order chi connectivity index (χ0) is 13.1. The van der Waals surface area contributed by atoms with Crippen LogP contribution < -0.4 is 5.32 Å². The lowest BCUT2D eigenvalue weighted by atomic mass is 10.2. The molecule has 2 aliphatic heterocycles. The summed E-state index contributed by atoms with van der Waals surface area (Å²) in [5, 5.41) is 3.36. The van der Waals surface area contributed by atoms with Crippen molar-refractivity contribution in [2.45, 2.75) is 44.9 Å². The summed E-state index contributed by atoms with van der Waals surface area (Å²) in [6.07, 6.45) is 7.95. The van der Waals surface area contributed by atoms with Gasteiger partial charge in [-0.05, 0) is 25.8 Å². The van der Waals surface area contributed by atoms with Crippen LogP contribution in [0.3, 0.4) is 0 Å². The first-order valence-corrected chi connectivity index (χ1v) is 7.47. The van der Waals surface area contributed by atoms with Crippen LogP contribution in [0.1, 0.15) is 26.2 Å². The number of hydrogen-bond acceptors (Lipinski definition) is 4. The molecule has 2 saturated heterocycles. The van der Waals surface area contributed by atoms with Gasteiger partial charge in [-0.3, -0.25) is 4.90 Å². The van der Waals surface area contributed by atoms with E-state index in [0.29, 0.717) is 12.1 Å². The third-order valence-corrected chi connectivity index (χ3v) is 4.11. The summed E-state index contributed by atoms with van der Waals surface area (Å²) in [6, 6.07) is 0.678. The van der Waals surface area contributed by atoms with E-state index in [9.17, 15) is 0 Å². The van der Waals surface area contributed by atoms with Crippen LogP contribution in [0.4, 0.5) is 5.95 Å². The molecule has 19 heavy (non-hydrogen) atoms. The van der Waals surface area contributed by atoms with E-state index in [1.54, 1.807) is 0 Å². The Bertz CT molecular complexity index is 406. The van der Waals surface area contributed by atoms with E-state index in [1.165, 1.54) is 19.4 Å². The van der Waals surface area contributed by atoms with Gasteiger partial charge in [-0.15, -0.1) is 0 Å². The Balaban J connectivity index is 1.57. The van der Waals surface area contributed by atoms with Gasteiger partial charge in [0.2, 0.25) is 5.95 Å². The van der Waals surface area contributed by atoms with Crippen LogP contribution in [0, 0.1) is 0 Å². The average molecular weight is 264 g/mol. The molecule has 3 rings (SSSR count). The first-order valence-electron chi connectivity index (χ1n) is 7.47. The van der Waals surface area contributed by atoms with Crippen LogP contribution in [-0.4, -0.2) is 52.8 Å². The number of anilines is 1. The number of imidazole rings is 1. The molecule has 2 fully saturated rings. The molecule has 0 spiro atoms. The Morgan fingerprint density at radius 2 is 2.47 bits per heavy atom. The van der Waals surface area contributed by atoms with Gasteiger partial charge >= 0.3 is 0 Å². The summed E-state index contributed by atoms with van der Waals surface area (Å²) >= 11 is 0. The van der Waals surface area contributed by atoms with Gasteiger partial charge in [-0.25, -0.2) is 4.98 Å². The average Bonchev–Trinajstić information content (AvgIpc) is 3.05. The van der Waals surface area contributed by atoms with E-state index < -0.39 is 0 Å². The van der Waals surface area contributed by atoms with Crippen LogP contribution >= 0.6 is 0 Å². The zero-order valence-corrected chi connectivity index (χ0v) is 11.7. The highest BCUT2D eigenvalue weighted by molar-refractivity contribution is 5.25. The minimum Gasteiger partial charge on any atom is -0.373 e. The number of nitrogens with one attached hydrogen (secondary N) is 1. The fourth-order valence-electron chi connectivity index (χ4n) is 3.08. The van der Waals surface area contributed by atoms with E-state index in [2.05, 4.69) is 26.7 Å². The lowest BCUT2D eigenvalue weighted by molar-refractivity contribution is -0.0549. The lowest BCUT2D eigenvalue weighted by Crippen LogP contribution is -2.47. The van der Waals surface area contributed by atoms with E-state index in [4.69, 9.17) is 4.74 Å². The van der Waals surface area contributed by atoms with Crippen LogP contribution in [-0.2, 0) is 11.3 Å². The molecule has 5 nitrogen and oxygen atoms in total. The molecule has 3 heterocycles. The van der Waals surface area contributed by atoms with Gasteiger partial charge in [0.05, 0.1) is 19.3 Å². The smallest absolute Gasteiger partial charge is 0.202 e. The van der Waals surface area contributed by atoms with Crippen molar-refractivity contribution in [1.29, 1.82) is 0 Å². The summed E-state index contributed by atoms with van der Waals surface area (Å²) in [5.74, 6) is 0.967. The van der Waals surface area contributed by atoms with Gasteiger partial charge in [0.15, 0.2) is 0 Å². The SMILES string of the molecule is CCCNc1nccn1CC1CN2CCCC2CO1. The van der Waals surface area contributed by atoms with Crippen LogP contribution in [0.15, 0.2) is 12.4 Å². The number of rotatable bonds is 5. The fraction of sp³-hybridized carbons (Fsp3) is 0.786. The molecule has 2 aliphatic rings. The summed E-state index contributed by atoms with van der Waals surface area (Å²) in [6.45, 7) is 7.24. The molecule has 0 aliphatic carbocycles. The number of morpholine rings is 1. The minimum atomic E-state index is 0.297. The summed E-state index contributed by atoms with van der Waals surface area (Å²) in [4.78, 5) is 6.96. The second-order valence-corrected chi connectivity index (χ2v) is 5.58. The maximum absolute atomic E-state index is 6.01. The van der Waals surface area contributed by atoms with Gasteiger partial charge in [0.1, 0.15) is 0 Å². The number of hydrogen-bond donors (Lipinski definition) is 1. The van der Waals surface area contributed by atoms with Gasteiger partial charge in [0, 0.05) is 31.5 Å². The van der Waals surface area contributed by atoms with Crippen molar-refractivity contribution >= 4 is 5.95 Å². The van der Waals surface area contributed by atoms with Crippen molar-refractivity contribution in [3.63, 3.8) is 0 Å². The largest absolute Gasteiger partial charge is 0.373 e. The van der Waals surface area contributed by atoms with E-state index in [1.807, 2.05) is 12.4 Å². The molecular weight excluding hydrogens is 240 g/mol. The first-order chi connectivity index (χ1) is 9.36. The topological polar surface area (TPSA) is 42.3 Å². The highest BCUT2D eigenvalue weighted by Gasteiger charge is 2.32. The second kappa shape index (κ2) is 5.92. The molecule has 0 saturated carbocycles. The minimum absolute atomic E-state index is 0.297. The Morgan fingerprint density at radius 1 is 1.53 bits per heavy atom. The predicted octanol–water partition coefficient (Wildman–Crippen LogP) is 1.57. The molecule has 1 N–H and O–H groups in total. The highest BCUT2D eigenvalue weighted by atomic mass is 16.5. The third-order valence-electron chi connectivity index (χ3n) is 4.11. The van der Waals surface area contributed by atoms with Gasteiger partial charge in [-0.1, -0.05) is 6.92 Å². The molecule has 1 aromatic rings. The number of nitrogens with zero attached hydrogens (tertiary/aromatic N) is 3. The van der Waals surface area contributed by atoms with Crippen molar-refractivity contribution in [3.05, 3.63) is 12.4 Å². The van der Waals surface area contributed by atoms with Crippen molar-refractivity contribution in [2.24, 2.45) is 0 Å². The Kier molecular flexibility index (Phi) is 4.03. The normalized spacial score (nSPS) is 27.4. The van der Waals surface area contributed by atoms with Crippen molar-refractivity contribution in [3.8, 4) is 0 Å². The molecular formula is C14H24N4O. The van der Waals surface area contributed by atoms with Gasteiger partial charge in [-0.2, -0.15) is 0 Å². The Labute approximate surface area is 114 Å². The maximum atomic E-state index is 6.01. The zero-order valence-electron chi connectivity index (χ0n) is 11.7. The summed E-state index contributed by atoms with van der Waals surface area (Å²) in [7, 11) is 0. The van der Waals surface area contributed by atoms with Gasteiger partial charge in [0.25, 0.3) is 0 Å². The third kappa shape index (κ3) is 2.92. The second-order valence-electron chi connectivity index (χ2n) is 5.58. The monoisotopic (exact) mass is 264 g/mol. The molecule has 0 bridgehead atoms. The molecule has 1 aromatic heterocycles. The van der Waals surface area contributed by atoms with Crippen molar-refractivity contribution < 1.29 is 4.74 Å².